The van der Waals surface area contributed by atoms with Crippen LogP contribution in [-0.2, 0) is 4.74 Å². The zero-order valence-corrected chi connectivity index (χ0v) is 8.18. The van der Waals surface area contributed by atoms with E-state index in [0.717, 1.165) is 0 Å². The summed E-state index contributed by atoms with van der Waals surface area (Å²) in [4.78, 5) is 0. The van der Waals surface area contributed by atoms with Gasteiger partial charge < -0.3 is 9.84 Å². The van der Waals surface area contributed by atoms with Crippen molar-refractivity contribution in [3.63, 3.8) is 0 Å². The summed E-state index contributed by atoms with van der Waals surface area (Å²) in [5.41, 5.74) is -2.87. The van der Waals surface area contributed by atoms with Crippen LogP contribution in [0, 0.1) is 5.92 Å². The van der Waals surface area contributed by atoms with Crippen molar-refractivity contribution in [3.05, 3.63) is 12.7 Å². The number of halogens is 4. The first-order valence-electron chi connectivity index (χ1n) is 3.97. The Labute approximate surface area is 85.3 Å². The molecule has 0 fully saturated rings. The Morgan fingerprint density at radius 2 is 2.14 bits per heavy atom. The second-order valence-corrected chi connectivity index (χ2v) is 3.06. The van der Waals surface area contributed by atoms with Crippen molar-refractivity contribution in [1.29, 1.82) is 0 Å². The van der Waals surface area contributed by atoms with E-state index in [-0.39, 0.29) is 13.0 Å². The maximum Gasteiger partial charge on any atom is 0.400 e. The highest BCUT2D eigenvalue weighted by molar-refractivity contribution is 6.20. The van der Waals surface area contributed by atoms with Crippen molar-refractivity contribution < 1.29 is 23.0 Å². The summed E-state index contributed by atoms with van der Waals surface area (Å²) in [6.07, 6.45) is -2.41. The van der Waals surface area contributed by atoms with E-state index in [1.165, 1.54) is 6.08 Å². The number of alkyl halides is 4. The van der Waals surface area contributed by atoms with Crippen molar-refractivity contribution in [1.82, 2.24) is 0 Å². The van der Waals surface area contributed by atoms with Gasteiger partial charge in [-0.15, -0.1) is 6.58 Å². The molecule has 0 saturated carbocycles. The van der Waals surface area contributed by atoms with E-state index in [4.69, 9.17) is 5.11 Å². The number of hydrogen-bond donors (Lipinski definition) is 1. The van der Waals surface area contributed by atoms with Crippen molar-refractivity contribution in [2.24, 2.45) is 5.92 Å². The first-order valence-corrected chi connectivity index (χ1v) is 4.41. The van der Waals surface area contributed by atoms with Crippen LogP contribution in [0.1, 0.15) is 6.42 Å². The molecule has 0 saturated heterocycles. The third-order valence-electron chi connectivity index (χ3n) is 1.58. The molecular weight excluding hydrogens is 221 g/mol. The van der Waals surface area contributed by atoms with Crippen molar-refractivity contribution in [2.75, 3.05) is 13.2 Å². The highest BCUT2D eigenvalue weighted by Gasteiger charge is 2.40. The Hall–Kier alpha value is -0.260. The molecule has 0 aliphatic heterocycles. The number of rotatable bonds is 7. The van der Waals surface area contributed by atoms with Crippen LogP contribution in [0.25, 0.3) is 0 Å². The monoisotopic (exact) mass is 232 g/mol. The summed E-state index contributed by atoms with van der Waals surface area (Å²) < 4.78 is 40.9. The first kappa shape index (κ1) is 13.7. The van der Waals surface area contributed by atoms with Gasteiger partial charge in [-0.1, -0.05) is 17.7 Å². The number of aliphatic hydroxyl groups is 1. The van der Waals surface area contributed by atoms with E-state index in [1.807, 2.05) is 0 Å². The molecule has 0 aromatic rings. The molecule has 2 unspecified atom stereocenters. The van der Waals surface area contributed by atoms with E-state index < -0.39 is 24.3 Å². The fourth-order valence-electron chi connectivity index (χ4n) is 0.716. The third-order valence-corrected chi connectivity index (χ3v) is 1.83. The zero-order chi connectivity index (χ0) is 11.2. The number of aliphatic hydroxyl groups excluding tert-OH is 1. The maximum absolute atomic E-state index is 12.5. The largest absolute Gasteiger partial charge is 0.400 e. The Morgan fingerprint density at radius 3 is 2.50 bits per heavy atom. The smallest absolute Gasteiger partial charge is 0.396 e. The third kappa shape index (κ3) is 4.83. The molecule has 84 valence electrons. The van der Waals surface area contributed by atoms with Gasteiger partial charge in [0.1, 0.15) is 0 Å². The molecule has 0 spiro atoms. The van der Waals surface area contributed by atoms with Crippen LogP contribution in [0.2, 0.25) is 0 Å². The van der Waals surface area contributed by atoms with Crippen LogP contribution in [-0.4, -0.2) is 30.1 Å². The second-order valence-electron chi connectivity index (χ2n) is 2.68. The number of hydrogen-bond acceptors (Lipinski definition) is 2. The predicted octanol–water partition coefficient (Wildman–Crippen LogP) is 2.31. The summed E-state index contributed by atoms with van der Waals surface area (Å²) in [5, 5.41) is 8.52. The molecule has 2 atom stereocenters. The lowest BCUT2D eigenvalue weighted by atomic mass is 10.1. The Balaban J connectivity index is 3.95. The molecule has 0 aromatic heterocycles. The molecule has 14 heavy (non-hydrogen) atoms. The highest BCUT2D eigenvalue weighted by Crippen LogP contribution is 2.26. The highest BCUT2D eigenvalue weighted by atomic mass is 35.5. The van der Waals surface area contributed by atoms with Crippen LogP contribution in [0.4, 0.5) is 13.2 Å². The number of ether oxygens (including phenoxy) is 1. The molecule has 2 nitrogen and oxygen atoms in total. The molecule has 0 amide bonds. The van der Waals surface area contributed by atoms with Crippen LogP contribution in [0.3, 0.4) is 0 Å². The quantitative estimate of drug-likeness (QED) is 0.539. The average molecular weight is 233 g/mol. The SMILES string of the molecule is C=CC(CCO)COC(F)(F)C(F)Cl. The lowest BCUT2D eigenvalue weighted by molar-refractivity contribution is -0.260. The molecule has 0 radical (unpaired) electrons. The van der Waals surface area contributed by atoms with Gasteiger partial charge in [-0.3, -0.25) is 0 Å². The maximum atomic E-state index is 12.5. The molecule has 0 bridgehead atoms. The minimum Gasteiger partial charge on any atom is -0.396 e. The van der Waals surface area contributed by atoms with Crippen LogP contribution in [0.15, 0.2) is 12.7 Å². The van der Waals surface area contributed by atoms with Crippen molar-refractivity contribution in [2.45, 2.75) is 18.2 Å². The lowest BCUT2D eigenvalue weighted by Gasteiger charge is -2.19. The van der Waals surface area contributed by atoms with Crippen LogP contribution in [0.5, 0.6) is 0 Å². The van der Waals surface area contributed by atoms with Gasteiger partial charge in [0.05, 0.1) is 6.61 Å². The molecule has 0 aliphatic carbocycles. The van der Waals surface area contributed by atoms with E-state index in [2.05, 4.69) is 22.9 Å². The molecule has 0 rings (SSSR count). The van der Waals surface area contributed by atoms with E-state index >= 15 is 0 Å². The van der Waals surface area contributed by atoms with Crippen LogP contribution >= 0.6 is 11.6 Å². The van der Waals surface area contributed by atoms with Gasteiger partial charge in [0.25, 0.3) is 5.63 Å². The van der Waals surface area contributed by atoms with Crippen molar-refractivity contribution in [3.8, 4) is 0 Å². The fraction of sp³-hybridized carbons (Fsp3) is 0.750. The normalized spacial score (nSPS) is 16.4. The summed E-state index contributed by atoms with van der Waals surface area (Å²) in [6, 6.07) is 0. The van der Waals surface area contributed by atoms with Gasteiger partial charge in [-0.05, 0) is 6.42 Å². The van der Waals surface area contributed by atoms with E-state index in [9.17, 15) is 13.2 Å². The zero-order valence-electron chi connectivity index (χ0n) is 7.43. The fourth-order valence-corrected chi connectivity index (χ4v) is 0.779. The van der Waals surface area contributed by atoms with Gasteiger partial charge in [-0.2, -0.15) is 8.78 Å². The van der Waals surface area contributed by atoms with E-state index in [0.29, 0.717) is 0 Å². The Kier molecular flexibility index (Phi) is 6.15. The van der Waals surface area contributed by atoms with Gasteiger partial charge in [0.2, 0.25) is 0 Å². The van der Waals surface area contributed by atoms with Crippen LogP contribution < -0.4 is 0 Å². The molecule has 1 N–H and O–H groups in total. The summed E-state index contributed by atoms with van der Waals surface area (Å²) in [5.74, 6) is -0.443. The first-order chi connectivity index (χ1) is 6.44. The average Bonchev–Trinajstić information content (AvgIpc) is 2.12. The molecular formula is C8H12ClF3O2. The molecule has 0 aliphatic rings. The second kappa shape index (κ2) is 6.27. The van der Waals surface area contributed by atoms with Gasteiger partial charge in [0, 0.05) is 12.5 Å². The van der Waals surface area contributed by atoms with E-state index in [1.54, 1.807) is 0 Å². The standard InChI is InChI=1S/C8H12ClF3O2/c1-2-6(3-4-13)5-14-8(11,12)7(9)10/h2,6-7,13H,1,3-5H2. The summed E-state index contributed by atoms with van der Waals surface area (Å²) >= 11 is 4.56. The topological polar surface area (TPSA) is 29.5 Å². The van der Waals surface area contributed by atoms with Crippen molar-refractivity contribution >= 4 is 11.6 Å². The Morgan fingerprint density at radius 1 is 1.57 bits per heavy atom. The lowest BCUT2D eigenvalue weighted by Crippen LogP contribution is -2.31. The molecule has 6 heteroatoms. The van der Waals surface area contributed by atoms with Gasteiger partial charge >= 0.3 is 6.11 Å². The summed E-state index contributed by atoms with van der Waals surface area (Å²) in [7, 11) is 0. The molecule has 0 aromatic carbocycles. The Bertz CT molecular complexity index is 176. The predicted molar refractivity (Wildman–Crippen MR) is 47.0 cm³/mol. The molecule has 0 heterocycles. The minimum atomic E-state index is -4.00. The van der Waals surface area contributed by atoms with Gasteiger partial charge in [0.15, 0.2) is 0 Å². The van der Waals surface area contributed by atoms with Gasteiger partial charge in [-0.25, -0.2) is 4.39 Å². The summed E-state index contributed by atoms with van der Waals surface area (Å²) in [6.45, 7) is 2.76. The minimum absolute atomic E-state index is 0.175.